The molecule has 0 N–H and O–H groups in total. The van der Waals surface area contributed by atoms with Crippen LogP contribution < -0.4 is 0 Å². The molecule has 124 valence electrons. The predicted octanol–water partition coefficient (Wildman–Crippen LogP) is 3.76. The van der Waals surface area contributed by atoms with Gasteiger partial charge in [0.25, 0.3) is 0 Å². The first-order chi connectivity index (χ1) is 11.1. The lowest BCUT2D eigenvalue weighted by atomic mass is 10.0. The van der Waals surface area contributed by atoms with E-state index >= 15 is 0 Å². The van der Waals surface area contributed by atoms with Crippen LogP contribution in [0.15, 0.2) is 29.4 Å². The van der Waals surface area contributed by atoms with Crippen LogP contribution >= 0.6 is 11.8 Å². The van der Waals surface area contributed by atoms with Gasteiger partial charge in [0.2, 0.25) is 0 Å². The number of aromatic nitrogens is 3. The smallest absolute Gasteiger partial charge is 0.191 e. The van der Waals surface area contributed by atoms with E-state index < -0.39 is 0 Å². The highest BCUT2D eigenvalue weighted by Gasteiger charge is 2.19. The van der Waals surface area contributed by atoms with Crippen LogP contribution in [0, 0.1) is 6.92 Å². The molecule has 0 saturated carbocycles. The third-order valence-electron chi connectivity index (χ3n) is 4.75. The Labute approximate surface area is 143 Å². The molecule has 2 aromatic rings. The minimum Gasteiger partial charge on any atom is -0.305 e. The highest BCUT2D eigenvalue weighted by Crippen LogP contribution is 2.25. The number of thioether (sulfide) groups is 1. The molecule has 3 rings (SSSR count). The monoisotopic (exact) mass is 330 g/mol. The Morgan fingerprint density at radius 1 is 1.13 bits per heavy atom. The second-order valence-electron chi connectivity index (χ2n) is 6.50. The topological polar surface area (TPSA) is 34.0 Å². The van der Waals surface area contributed by atoms with E-state index in [0.717, 1.165) is 28.3 Å². The van der Waals surface area contributed by atoms with Crippen LogP contribution in [-0.2, 0) is 7.05 Å². The van der Waals surface area contributed by atoms with E-state index in [1.54, 1.807) is 0 Å². The Kier molecular flexibility index (Phi) is 5.38. The average molecular weight is 331 g/mol. The van der Waals surface area contributed by atoms with Crippen LogP contribution in [0.5, 0.6) is 0 Å². The number of piperidine rings is 1. The first kappa shape index (κ1) is 16.5. The van der Waals surface area contributed by atoms with Crippen molar-refractivity contribution in [1.82, 2.24) is 19.7 Å². The maximum atomic E-state index is 4.38. The largest absolute Gasteiger partial charge is 0.305 e. The van der Waals surface area contributed by atoms with Crippen molar-refractivity contribution in [2.45, 2.75) is 43.8 Å². The van der Waals surface area contributed by atoms with E-state index in [2.05, 4.69) is 64.9 Å². The van der Waals surface area contributed by atoms with E-state index in [1.165, 1.54) is 37.8 Å². The quantitative estimate of drug-likeness (QED) is 0.782. The summed E-state index contributed by atoms with van der Waals surface area (Å²) in [6.45, 7) is 3.35. The molecule has 0 bridgehead atoms. The summed E-state index contributed by atoms with van der Waals surface area (Å²) < 4.78 is 2.11. The Hall–Kier alpha value is -1.33. The van der Waals surface area contributed by atoms with E-state index in [0.29, 0.717) is 0 Å². The number of rotatable bonds is 5. The molecule has 1 atom stereocenters. The summed E-state index contributed by atoms with van der Waals surface area (Å²) in [4.78, 5) is 2.51. The predicted molar refractivity (Wildman–Crippen MR) is 96.8 cm³/mol. The zero-order chi connectivity index (χ0) is 16.2. The van der Waals surface area contributed by atoms with Crippen LogP contribution in [0.25, 0.3) is 11.4 Å². The van der Waals surface area contributed by atoms with Crippen molar-refractivity contribution in [3.05, 3.63) is 29.8 Å². The third kappa shape index (κ3) is 3.96. The van der Waals surface area contributed by atoms with Gasteiger partial charge < -0.3 is 9.47 Å². The van der Waals surface area contributed by atoms with Crippen LogP contribution in [0.2, 0.25) is 0 Å². The van der Waals surface area contributed by atoms with Gasteiger partial charge in [-0.1, -0.05) is 48.0 Å². The van der Waals surface area contributed by atoms with Crippen molar-refractivity contribution >= 4 is 11.8 Å². The van der Waals surface area contributed by atoms with Gasteiger partial charge in [0.1, 0.15) is 0 Å². The number of aryl methyl sites for hydroxylation is 1. The van der Waals surface area contributed by atoms with E-state index in [4.69, 9.17) is 0 Å². The van der Waals surface area contributed by atoms with E-state index in [1.807, 2.05) is 11.8 Å². The van der Waals surface area contributed by atoms with Crippen LogP contribution in [0.3, 0.4) is 0 Å². The Bertz CT molecular complexity index is 635. The summed E-state index contributed by atoms with van der Waals surface area (Å²) in [6, 6.07) is 9.21. The van der Waals surface area contributed by atoms with Crippen molar-refractivity contribution in [1.29, 1.82) is 0 Å². The zero-order valence-corrected chi connectivity index (χ0v) is 15.1. The molecule has 1 saturated heterocycles. The summed E-state index contributed by atoms with van der Waals surface area (Å²) in [5.74, 6) is 2.05. The second-order valence-corrected chi connectivity index (χ2v) is 7.56. The molecule has 1 fully saturated rings. The lowest BCUT2D eigenvalue weighted by Crippen LogP contribution is -2.36. The molecule has 2 heterocycles. The van der Waals surface area contributed by atoms with Crippen molar-refractivity contribution in [3.63, 3.8) is 0 Å². The maximum absolute atomic E-state index is 4.38. The first-order valence-corrected chi connectivity index (χ1v) is 9.43. The van der Waals surface area contributed by atoms with Crippen molar-refractivity contribution in [3.8, 4) is 11.4 Å². The Morgan fingerprint density at radius 3 is 2.65 bits per heavy atom. The SMILES string of the molecule is Cc1ccc(-c2nnc(SCCC3CCCCN3C)n2C)cc1. The van der Waals surface area contributed by atoms with Gasteiger partial charge in [-0.05, 0) is 39.8 Å². The Morgan fingerprint density at radius 2 is 1.91 bits per heavy atom. The highest BCUT2D eigenvalue weighted by atomic mass is 32.2. The second kappa shape index (κ2) is 7.49. The fourth-order valence-electron chi connectivity index (χ4n) is 3.19. The van der Waals surface area contributed by atoms with Gasteiger partial charge >= 0.3 is 0 Å². The minimum absolute atomic E-state index is 0.737. The van der Waals surface area contributed by atoms with Gasteiger partial charge in [-0.3, -0.25) is 0 Å². The first-order valence-electron chi connectivity index (χ1n) is 8.44. The normalized spacial score (nSPS) is 19.2. The third-order valence-corrected chi connectivity index (χ3v) is 5.80. The number of hydrogen-bond acceptors (Lipinski definition) is 4. The summed E-state index contributed by atoms with van der Waals surface area (Å²) in [5.41, 5.74) is 2.39. The molecule has 0 radical (unpaired) electrons. The fraction of sp³-hybridized carbons (Fsp3) is 0.556. The van der Waals surface area contributed by atoms with Gasteiger partial charge in [0, 0.05) is 24.4 Å². The van der Waals surface area contributed by atoms with Gasteiger partial charge in [0.15, 0.2) is 11.0 Å². The summed E-state index contributed by atoms with van der Waals surface area (Å²) in [5, 5.41) is 9.77. The number of hydrogen-bond donors (Lipinski definition) is 0. The maximum Gasteiger partial charge on any atom is 0.191 e. The van der Waals surface area contributed by atoms with Crippen molar-refractivity contribution in [2.24, 2.45) is 7.05 Å². The standard InChI is InChI=1S/C18H26N4S/c1-14-7-9-15(10-8-14)17-19-20-18(22(17)3)23-13-11-16-6-4-5-12-21(16)2/h7-10,16H,4-6,11-13H2,1-3H3. The highest BCUT2D eigenvalue weighted by molar-refractivity contribution is 7.99. The molecule has 1 aliphatic heterocycles. The molecule has 1 unspecified atom stereocenters. The number of nitrogens with zero attached hydrogens (tertiary/aromatic N) is 4. The Balaban J connectivity index is 1.60. The summed E-state index contributed by atoms with van der Waals surface area (Å²) in [7, 11) is 4.32. The van der Waals surface area contributed by atoms with Crippen molar-refractivity contribution < 1.29 is 0 Å². The molecule has 4 nitrogen and oxygen atoms in total. The number of likely N-dealkylation sites (tertiary alicyclic amines) is 1. The van der Waals surface area contributed by atoms with Crippen LogP contribution in [0.4, 0.5) is 0 Å². The molecule has 1 aliphatic rings. The fourth-order valence-corrected chi connectivity index (χ4v) is 4.14. The van der Waals surface area contributed by atoms with Gasteiger partial charge in [-0.15, -0.1) is 10.2 Å². The molecule has 1 aromatic carbocycles. The van der Waals surface area contributed by atoms with Crippen LogP contribution in [0.1, 0.15) is 31.2 Å². The molecular formula is C18H26N4S. The number of benzene rings is 1. The molecular weight excluding hydrogens is 304 g/mol. The zero-order valence-electron chi connectivity index (χ0n) is 14.3. The molecule has 5 heteroatoms. The van der Waals surface area contributed by atoms with E-state index in [-0.39, 0.29) is 0 Å². The van der Waals surface area contributed by atoms with Gasteiger partial charge in [-0.25, -0.2) is 0 Å². The van der Waals surface area contributed by atoms with Gasteiger partial charge in [-0.2, -0.15) is 0 Å². The van der Waals surface area contributed by atoms with Crippen LogP contribution in [-0.4, -0.2) is 45.1 Å². The molecule has 0 aliphatic carbocycles. The lowest BCUT2D eigenvalue weighted by Gasteiger charge is -2.32. The summed E-state index contributed by atoms with van der Waals surface area (Å²) in [6.07, 6.45) is 5.29. The molecule has 23 heavy (non-hydrogen) atoms. The average Bonchev–Trinajstić information content (AvgIpc) is 2.91. The minimum atomic E-state index is 0.737. The summed E-state index contributed by atoms with van der Waals surface area (Å²) >= 11 is 1.82. The molecule has 0 amide bonds. The van der Waals surface area contributed by atoms with Crippen molar-refractivity contribution in [2.75, 3.05) is 19.3 Å². The van der Waals surface area contributed by atoms with Gasteiger partial charge in [0.05, 0.1) is 0 Å². The molecule has 0 spiro atoms. The molecule has 1 aromatic heterocycles. The lowest BCUT2D eigenvalue weighted by molar-refractivity contribution is 0.182. The van der Waals surface area contributed by atoms with E-state index in [9.17, 15) is 0 Å².